The van der Waals surface area contributed by atoms with Crippen LogP contribution in [0.4, 0.5) is 0 Å². The Balaban J connectivity index is 6.88. The highest BCUT2D eigenvalue weighted by Gasteiger charge is 2.39. The minimum absolute atomic E-state index is 0.0246. The lowest BCUT2D eigenvalue weighted by molar-refractivity contribution is -0.147. The van der Waals surface area contributed by atoms with Crippen LogP contribution >= 0.6 is 0 Å². The lowest BCUT2D eigenvalue weighted by atomic mass is 10.0. The number of amides is 16. The van der Waals surface area contributed by atoms with E-state index in [1.807, 2.05) is 26.6 Å². The third-order valence-electron chi connectivity index (χ3n) is 13.3. The number of carbonyl (C=O) groups is 19. The highest BCUT2D eigenvalue weighted by Crippen LogP contribution is 2.11. The number of carboxylic acid groups (broad SMARTS) is 3. The zero-order valence-corrected chi connectivity index (χ0v) is 51.9. The van der Waals surface area contributed by atoms with Gasteiger partial charge >= 0.3 is 17.9 Å². The first-order valence-electron chi connectivity index (χ1n) is 29.0. The molecule has 0 saturated carbocycles. The van der Waals surface area contributed by atoms with Gasteiger partial charge in [0.25, 0.3) is 0 Å². The number of nitrogens with one attached hydrogen (secondary N) is 11. The fraction of sp³-hybridized carbons (Fsp3) is 0.635. The molecule has 0 aliphatic carbocycles. The topological polar surface area (TPSA) is 760 Å². The molecule has 0 fully saturated rings. The number of unbranched alkanes of at least 4 members (excludes halogenated alkanes) is 1. The summed E-state index contributed by atoms with van der Waals surface area (Å²) in [6, 6.07) is -23.1. The molecule has 43 nitrogen and oxygen atoms in total. The highest BCUT2D eigenvalue weighted by molar-refractivity contribution is 6.01. The Bertz CT molecular complexity index is 2810. The third kappa shape index (κ3) is 33.2. The smallest absolute Gasteiger partial charge is 0.326 e. The minimum atomic E-state index is -2.16. The zero-order chi connectivity index (χ0) is 73.1. The second-order valence-electron chi connectivity index (χ2n) is 21.7. The molecule has 0 aromatic carbocycles. The van der Waals surface area contributed by atoms with Gasteiger partial charge in [-0.25, -0.2) is 4.79 Å². The van der Waals surface area contributed by atoms with Crippen molar-refractivity contribution in [2.75, 3.05) is 19.8 Å². The monoisotopic (exact) mass is 1360 g/mol. The molecule has 95 heavy (non-hydrogen) atoms. The molecule has 31 N–H and O–H groups in total. The van der Waals surface area contributed by atoms with Crippen molar-refractivity contribution >= 4 is 112 Å². The molecular formula is C52H86N18O25. The lowest BCUT2D eigenvalue weighted by Crippen LogP contribution is -2.62. The maximum absolute atomic E-state index is 14.1. The average molecular weight is 1360 g/mol. The van der Waals surface area contributed by atoms with E-state index >= 15 is 0 Å². The molecule has 13 atom stereocenters. The normalized spacial score (nSPS) is 15.0. The number of carbonyl (C=O) groups excluding carboxylic acids is 16. The van der Waals surface area contributed by atoms with Gasteiger partial charge in [0.05, 0.1) is 51.0 Å². The van der Waals surface area contributed by atoms with Gasteiger partial charge in [-0.2, -0.15) is 0 Å². The fourth-order valence-electron chi connectivity index (χ4n) is 8.15. The van der Waals surface area contributed by atoms with Crippen molar-refractivity contribution in [3.63, 3.8) is 0 Å². The van der Waals surface area contributed by atoms with Crippen LogP contribution in [0.2, 0.25) is 0 Å². The van der Waals surface area contributed by atoms with E-state index in [4.69, 9.17) is 45.2 Å². The van der Waals surface area contributed by atoms with Crippen LogP contribution in [0.15, 0.2) is 0 Å². The summed E-state index contributed by atoms with van der Waals surface area (Å²) >= 11 is 0. The van der Waals surface area contributed by atoms with Crippen molar-refractivity contribution in [3.8, 4) is 0 Å². The molecule has 0 rings (SSSR count). The molecule has 534 valence electrons. The number of carboxylic acids is 3. The number of hydrogen-bond acceptors (Lipinski definition) is 24. The Morgan fingerprint density at radius 2 is 0.632 bits per heavy atom. The van der Waals surface area contributed by atoms with Gasteiger partial charge in [-0.3, -0.25) is 86.3 Å². The Morgan fingerprint density at radius 3 is 1.00 bits per heavy atom. The molecular weight excluding hydrogens is 1280 g/mol. The third-order valence-corrected chi connectivity index (χ3v) is 13.3. The van der Waals surface area contributed by atoms with E-state index in [1.54, 1.807) is 0 Å². The Morgan fingerprint density at radius 1 is 0.337 bits per heavy atom. The first kappa shape index (κ1) is 84.7. The van der Waals surface area contributed by atoms with Crippen molar-refractivity contribution in [2.24, 2.45) is 46.1 Å². The summed E-state index contributed by atoms with van der Waals surface area (Å²) in [7, 11) is 0. The largest absolute Gasteiger partial charge is 0.481 e. The van der Waals surface area contributed by atoms with E-state index < -0.39 is 262 Å². The quantitative estimate of drug-likeness (QED) is 0.0252. The summed E-state index contributed by atoms with van der Waals surface area (Å²) < 4.78 is 0. The maximum Gasteiger partial charge on any atom is 0.326 e. The predicted octanol–water partition coefficient (Wildman–Crippen LogP) is -13.6. The van der Waals surface area contributed by atoms with Crippen LogP contribution in [0.3, 0.4) is 0 Å². The molecule has 0 bridgehead atoms. The fourth-order valence-corrected chi connectivity index (χ4v) is 8.15. The van der Waals surface area contributed by atoms with Crippen LogP contribution in [0.1, 0.15) is 104 Å². The molecule has 0 heterocycles. The SMILES string of the molecule is CC(C)[C@H](NC(=O)[C@H](CC(=O)O)NC(=O)[C@H](CC(N)=O)NC(=O)[C@H](CCC(N)=O)NC(=O)[C@@H](NC(=O)[C@H](CCCCN)NC(=O)[C@H](CCC(N)=O)NC(=O)[C@H](CO)NC(=O)[C@H](CO)NC(=O)[C@H](CC(N)=O)NC(=O)[C@@H](N)CCC(N)=O)[C@@H](C)O)C(=O)N[C@@H](CC(=O)O)C(=O)O. The van der Waals surface area contributed by atoms with Gasteiger partial charge in [-0.15, -0.1) is 0 Å². The van der Waals surface area contributed by atoms with Crippen LogP contribution < -0.4 is 98.6 Å². The van der Waals surface area contributed by atoms with E-state index in [2.05, 4.69) is 31.9 Å². The maximum atomic E-state index is 14.1. The van der Waals surface area contributed by atoms with Gasteiger partial charge in [-0.05, 0) is 57.9 Å². The summed E-state index contributed by atoms with van der Waals surface area (Å²) in [5.41, 5.74) is 37.6. The van der Waals surface area contributed by atoms with Gasteiger partial charge in [0.2, 0.25) is 94.5 Å². The standard InChI is InChI=1S/C52H86N18O25/c1-20(2)39(50(92)66-29(52(94)95)17-38(81)82)69-47(89)28(16-37(79)80)65-45(87)27(15-36(59)78)64-43(85)25(9-12-34(57)76)62-51(93)40(21(3)73)70-44(86)23(6-4-5-13-53)60-42(84)24(8-11-33(56)75)61-48(90)30(18-71)68-49(91)31(19-72)67-46(88)26(14-35(58)77)63-41(83)22(54)7-10-32(55)74/h20-31,39-40,71-73H,4-19,53-54H2,1-3H3,(H2,55,74)(H2,56,75)(H2,57,76)(H2,58,77)(H2,59,78)(H,60,84)(H,61,90)(H,62,93)(H,63,83)(H,64,85)(H,65,87)(H,66,92)(H,67,88)(H,68,91)(H,69,89)(H,70,86)(H,79,80)(H,81,82)(H,94,95)/t21-,22+,23+,24+,25+,26+,27+,28+,29+,30+,31+,39+,40+/m1/s1. The summed E-state index contributed by atoms with van der Waals surface area (Å²) in [5.74, 6) is -26.2. The van der Waals surface area contributed by atoms with Crippen LogP contribution in [0, 0.1) is 5.92 Å². The Kier molecular flexibility index (Phi) is 38.2. The molecule has 16 amide bonds. The molecule has 0 spiro atoms. The van der Waals surface area contributed by atoms with Crippen molar-refractivity contribution in [1.29, 1.82) is 0 Å². The van der Waals surface area contributed by atoms with Gasteiger partial charge < -0.3 is 129 Å². The Labute approximate surface area is 540 Å². The molecule has 0 saturated heterocycles. The molecule has 0 aliphatic rings. The zero-order valence-electron chi connectivity index (χ0n) is 51.9. The van der Waals surface area contributed by atoms with Gasteiger partial charge in [-0.1, -0.05) is 13.8 Å². The number of aliphatic hydroxyl groups is 3. The minimum Gasteiger partial charge on any atom is -0.481 e. The molecule has 0 aliphatic heterocycles. The van der Waals surface area contributed by atoms with Gasteiger partial charge in [0.15, 0.2) is 0 Å². The van der Waals surface area contributed by atoms with Crippen LogP contribution in [-0.2, 0) is 91.1 Å². The number of nitrogens with two attached hydrogens (primary N) is 7. The van der Waals surface area contributed by atoms with Gasteiger partial charge in [0, 0.05) is 19.3 Å². The number of aliphatic hydroxyl groups excluding tert-OH is 3. The van der Waals surface area contributed by atoms with Crippen molar-refractivity contribution in [3.05, 3.63) is 0 Å². The molecule has 0 radical (unpaired) electrons. The van der Waals surface area contributed by atoms with E-state index in [1.165, 1.54) is 13.8 Å². The number of primary amides is 5. The first-order valence-corrected chi connectivity index (χ1v) is 29.0. The molecule has 0 aromatic heterocycles. The number of rotatable bonds is 48. The summed E-state index contributed by atoms with van der Waals surface area (Å²) in [6.45, 7) is 1.16. The van der Waals surface area contributed by atoms with E-state index in [0.717, 1.165) is 6.92 Å². The number of hydrogen-bond donors (Lipinski definition) is 24. The van der Waals surface area contributed by atoms with Crippen molar-refractivity contribution < 1.29 is 122 Å². The summed E-state index contributed by atoms with van der Waals surface area (Å²) in [5, 5.41) is 82.1. The van der Waals surface area contributed by atoms with Crippen LogP contribution in [-0.4, -0.2) is 241 Å². The van der Waals surface area contributed by atoms with E-state index in [-0.39, 0.29) is 38.6 Å². The summed E-state index contributed by atoms with van der Waals surface area (Å²) in [6.07, 6.45) is -9.76. The number of aliphatic carboxylic acids is 3. The predicted molar refractivity (Wildman–Crippen MR) is 318 cm³/mol. The second kappa shape index (κ2) is 42.8. The van der Waals surface area contributed by atoms with Crippen molar-refractivity contribution in [2.45, 2.75) is 183 Å². The van der Waals surface area contributed by atoms with Gasteiger partial charge in [0.1, 0.15) is 66.5 Å². The first-order chi connectivity index (χ1) is 44.2. The van der Waals surface area contributed by atoms with Crippen LogP contribution in [0.25, 0.3) is 0 Å². The lowest BCUT2D eigenvalue weighted by Gasteiger charge is -2.29. The van der Waals surface area contributed by atoms with E-state index in [9.17, 15) is 117 Å². The molecule has 0 aromatic rings. The highest BCUT2D eigenvalue weighted by atomic mass is 16.4. The van der Waals surface area contributed by atoms with E-state index in [0.29, 0.717) is 0 Å². The molecule has 0 unspecified atom stereocenters. The molecule has 43 heteroatoms. The second-order valence-corrected chi connectivity index (χ2v) is 21.7. The summed E-state index contributed by atoms with van der Waals surface area (Å²) in [4.78, 5) is 243. The average Bonchev–Trinajstić information content (AvgIpc) is 0.897. The van der Waals surface area contributed by atoms with Crippen molar-refractivity contribution in [1.82, 2.24) is 58.5 Å². The Hall–Kier alpha value is -10.3. The van der Waals surface area contributed by atoms with Crippen LogP contribution in [0.5, 0.6) is 0 Å².